The minimum absolute atomic E-state index is 0.0248. The number of hydrogen-bond donors (Lipinski definition) is 2. The highest BCUT2D eigenvalue weighted by Crippen LogP contribution is 2.37. The number of allylic oxidation sites excluding steroid dienone is 2. The Morgan fingerprint density at radius 3 is 2.56 bits per heavy atom. The summed E-state index contributed by atoms with van der Waals surface area (Å²) in [5, 5.41) is 21.9. The van der Waals surface area contributed by atoms with Crippen molar-refractivity contribution in [1.82, 2.24) is 0 Å². The molecule has 8 nitrogen and oxygen atoms in total. The summed E-state index contributed by atoms with van der Waals surface area (Å²) in [6.07, 6.45) is -2.45. The van der Waals surface area contributed by atoms with Crippen molar-refractivity contribution in [1.29, 1.82) is 0 Å². The monoisotopic (exact) mass is 473 g/mol. The summed E-state index contributed by atoms with van der Waals surface area (Å²) in [7, 11) is 0. The molecule has 0 spiro atoms. The lowest BCUT2D eigenvalue weighted by molar-refractivity contribution is -0.368. The fourth-order valence-electron chi connectivity index (χ4n) is 4.84. The molecule has 0 saturated carbocycles. The molecule has 186 valence electrons. The van der Waals surface area contributed by atoms with E-state index in [1.807, 2.05) is 44.2 Å². The van der Waals surface area contributed by atoms with Crippen molar-refractivity contribution in [3.8, 4) is 0 Å². The van der Waals surface area contributed by atoms with Gasteiger partial charge in [-0.25, -0.2) is 0 Å². The fourth-order valence-corrected chi connectivity index (χ4v) is 4.84. The van der Waals surface area contributed by atoms with Gasteiger partial charge in [0.05, 0.1) is 18.8 Å². The Bertz CT molecular complexity index is 969. The summed E-state index contributed by atoms with van der Waals surface area (Å²) in [6, 6.07) is 8.77. The van der Waals surface area contributed by atoms with Gasteiger partial charge < -0.3 is 29.2 Å². The fraction of sp³-hybridized carbons (Fsp3) is 0.615. The van der Waals surface area contributed by atoms with Crippen molar-refractivity contribution >= 4 is 11.5 Å². The second kappa shape index (κ2) is 9.51. The molecule has 4 rings (SSSR count). The number of Topliss-reactive ketones (excluding diaryl/α,β-unsaturated/α-hetero) is 1. The number of carbonyl (C=O) groups excluding carboxylic acids is 1. The Balaban J connectivity index is 1.63. The summed E-state index contributed by atoms with van der Waals surface area (Å²) in [5.74, 6) is -1.01. The molecule has 0 amide bonds. The maximum atomic E-state index is 12.8. The van der Waals surface area contributed by atoms with E-state index in [-0.39, 0.29) is 35.7 Å². The molecule has 2 heterocycles. The number of ether oxygens (including phenoxy) is 4. The zero-order valence-corrected chi connectivity index (χ0v) is 20.5. The van der Waals surface area contributed by atoms with Crippen molar-refractivity contribution in [2.24, 2.45) is 10.4 Å². The summed E-state index contributed by atoms with van der Waals surface area (Å²) in [5.41, 5.74) is 1.20. The first-order chi connectivity index (χ1) is 16.0. The van der Waals surface area contributed by atoms with Crippen LogP contribution in [0.5, 0.6) is 0 Å². The van der Waals surface area contributed by atoms with Crippen LogP contribution in [-0.4, -0.2) is 64.7 Å². The van der Waals surface area contributed by atoms with Crippen LogP contribution in [0.15, 0.2) is 46.7 Å². The number of carbonyl (C=O) groups is 1. The van der Waals surface area contributed by atoms with E-state index in [0.717, 1.165) is 5.56 Å². The highest BCUT2D eigenvalue weighted by Gasteiger charge is 2.51. The van der Waals surface area contributed by atoms with Crippen LogP contribution in [-0.2, 0) is 30.3 Å². The Morgan fingerprint density at radius 1 is 1.18 bits per heavy atom. The largest absolute Gasteiger partial charge is 0.511 e. The Morgan fingerprint density at radius 2 is 1.88 bits per heavy atom. The first-order valence-electron chi connectivity index (χ1n) is 11.8. The topological polar surface area (TPSA) is 107 Å². The average molecular weight is 474 g/mol. The first kappa shape index (κ1) is 25.0. The molecular weight excluding hydrogens is 438 g/mol. The predicted octanol–water partition coefficient (Wildman–Crippen LogP) is 3.47. The lowest BCUT2D eigenvalue weighted by Gasteiger charge is -2.49. The number of hydrogen-bond acceptors (Lipinski definition) is 8. The van der Waals surface area contributed by atoms with Gasteiger partial charge in [-0.2, -0.15) is 0 Å². The second-order valence-electron chi connectivity index (χ2n) is 10.6. The van der Waals surface area contributed by atoms with Gasteiger partial charge in [-0.1, -0.05) is 44.2 Å². The van der Waals surface area contributed by atoms with E-state index in [2.05, 4.69) is 4.99 Å². The van der Waals surface area contributed by atoms with Gasteiger partial charge in [0.25, 0.3) is 0 Å². The summed E-state index contributed by atoms with van der Waals surface area (Å²) in [4.78, 5) is 17.5. The van der Waals surface area contributed by atoms with E-state index in [9.17, 15) is 15.0 Å². The molecule has 2 N–H and O–H groups in total. The van der Waals surface area contributed by atoms with Crippen molar-refractivity contribution in [2.75, 3.05) is 6.61 Å². The van der Waals surface area contributed by atoms with Gasteiger partial charge in [0.15, 0.2) is 17.9 Å². The number of nitrogens with zero attached hydrogens (tertiary/aromatic N) is 1. The van der Waals surface area contributed by atoms with Gasteiger partial charge in [0, 0.05) is 18.6 Å². The van der Waals surface area contributed by atoms with Crippen LogP contribution in [0.3, 0.4) is 0 Å². The smallest absolute Gasteiger partial charge is 0.183 e. The number of aliphatic hydroxyl groups excluding tert-OH is 2. The van der Waals surface area contributed by atoms with Crippen LogP contribution >= 0.6 is 0 Å². The molecule has 0 unspecified atom stereocenters. The molecule has 0 aromatic heterocycles. The Kier molecular flexibility index (Phi) is 6.99. The van der Waals surface area contributed by atoms with Crippen LogP contribution in [0.1, 0.15) is 53.0 Å². The summed E-state index contributed by atoms with van der Waals surface area (Å²) in [6.45, 7) is 9.63. The lowest BCUT2D eigenvalue weighted by Crippen LogP contribution is -2.64. The van der Waals surface area contributed by atoms with E-state index in [1.165, 1.54) is 0 Å². The minimum Gasteiger partial charge on any atom is -0.511 e. The predicted molar refractivity (Wildman–Crippen MR) is 125 cm³/mol. The van der Waals surface area contributed by atoms with Crippen LogP contribution in [0.25, 0.3) is 0 Å². The van der Waals surface area contributed by atoms with E-state index in [0.29, 0.717) is 18.6 Å². The molecule has 1 aliphatic carbocycles. The van der Waals surface area contributed by atoms with Gasteiger partial charge in [-0.15, -0.1) is 0 Å². The molecule has 2 aliphatic heterocycles. The zero-order chi connectivity index (χ0) is 24.7. The standard InChI is InChI=1S/C26H35NO7/c1-15(20-17(28)11-25(2,3)12-18(20)29)27-21-22(30)23-19(14-32-26(4,5)34-23)33-24(21)31-13-16-9-7-6-8-10-16/h6-10,19,21-24,28,30H,11-14H2,1-5H3/t19-,21-,22-,23-,24+/m1/s1. The summed E-state index contributed by atoms with van der Waals surface area (Å²) >= 11 is 0. The number of ketones is 1. The minimum atomic E-state index is -1.06. The molecule has 2 saturated heterocycles. The van der Waals surface area contributed by atoms with Crippen LogP contribution in [0, 0.1) is 5.41 Å². The van der Waals surface area contributed by atoms with Gasteiger partial charge in [-0.05, 0) is 31.7 Å². The molecule has 1 aromatic rings. The number of benzene rings is 1. The van der Waals surface area contributed by atoms with E-state index in [1.54, 1.807) is 20.8 Å². The highest BCUT2D eigenvalue weighted by molar-refractivity contribution is 6.22. The maximum absolute atomic E-state index is 12.8. The van der Waals surface area contributed by atoms with Crippen molar-refractivity contribution in [3.63, 3.8) is 0 Å². The molecule has 8 heteroatoms. The second-order valence-corrected chi connectivity index (χ2v) is 10.6. The van der Waals surface area contributed by atoms with E-state index in [4.69, 9.17) is 18.9 Å². The summed E-state index contributed by atoms with van der Waals surface area (Å²) < 4.78 is 23.9. The van der Waals surface area contributed by atoms with E-state index < -0.39 is 36.4 Å². The number of rotatable bonds is 5. The third-order valence-electron chi connectivity index (χ3n) is 6.47. The molecule has 3 aliphatic rings. The van der Waals surface area contributed by atoms with Crippen LogP contribution in [0.2, 0.25) is 0 Å². The molecule has 1 aromatic carbocycles. The average Bonchev–Trinajstić information content (AvgIpc) is 2.74. The van der Waals surface area contributed by atoms with E-state index >= 15 is 0 Å². The van der Waals surface area contributed by atoms with Gasteiger partial charge >= 0.3 is 0 Å². The molecule has 0 bridgehead atoms. The zero-order valence-electron chi connectivity index (χ0n) is 20.5. The van der Waals surface area contributed by atoms with Gasteiger partial charge in [0.2, 0.25) is 0 Å². The van der Waals surface area contributed by atoms with Crippen molar-refractivity contribution < 1.29 is 34.0 Å². The van der Waals surface area contributed by atoms with Gasteiger partial charge in [0.1, 0.15) is 30.1 Å². The third kappa shape index (κ3) is 5.42. The molecule has 34 heavy (non-hydrogen) atoms. The number of aliphatic hydroxyl groups is 2. The van der Waals surface area contributed by atoms with Crippen LogP contribution in [0.4, 0.5) is 0 Å². The quantitative estimate of drug-likeness (QED) is 0.631. The third-order valence-corrected chi connectivity index (χ3v) is 6.47. The molecule has 5 atom stereocenters. The Labute approximate surface area is 200 Å². The highest BCUT2D eigenvalue weighted by atomic mass is 16.8. The lowest BCUT2D eigenvalue weighted by atomic mass is 9.75. The maximum Gasteiger partial charge on any atom is 0.183 e. The Hall–Kier alpha value is -2.10. The van der Waals surface area contributed by atoms with Gasteiger partial charge in [-0.3, -0.25) is 9.79 Å². The SMILES string of the molecule is CC(=N[C@H]1[C@@H](OCc2ccccc2)O[C@@H]2COC(C)(C)O[C@H]2[C@@H]1O)C1=C(O)CC(C)(C)CC1=O. The van der Waals surface area contributed by atoms with Crippen LogP contribution < -0.4 is 0 Å². The molecule has 2 fully saturated rings. The number of fused-ring (bicyclic) bond motifs is 1. The molecular formula is C26H35NO7. The molecule has 0 radical (unpaired) electrons. The first-order valence-corrected chi connectivity index (χ1v) is 11.8. The van der Waals surface area contributed by atoms with Crippen molar-refractivity contribution in [2.45, 2.75) is 90.5 Å². The van der Waals surface area contributed by atoms with Crippen molar-refractivity contribution in [3.05, 3.63) is 47.2 Å². The normalized spacial score (nSPS) is 33.5. The number of aliphatic imine (C=N–C) groups is 1.